The van der Waals surface area contributed by atoms with E-state index in [2.05, 4.69) is 0 Å². The summed E-state index contributed by atoms with van der Waals surface area (Å²) in [5, 5.41) is 12.6. The number of ether oxygens (including phenoxy) is 1. The van der Waals surface area contributed by atoms with Crippen LogP contribution in [-0.4, -0.2) is 39.4 Å². The molecule has 6 rings (SSSR count). The summed E-state index contributed by atoms with van der Waals surface area (Å²) in [6.45, 7) is 0.323. The molecule has 34 heavy (non-hydrogen) atoms. The van der Waals surface area contributed by atoms with Gasteiger partial charge in [-0.15, -0.1) is 0 Å². The molecule has 1 amide bonds. The predicted octanol–water partition coefficient (Wildman–Crippen LogP) is 3.32. The van der Waals surface area contributed by atoms with E-state index >= 15 is 4.39 Å². The number of para-hydroxylation sites is 1. The summed E-state index contributed by atoms with van der Waals surface area (Å²) in [6, 6.07) is 15.0. The fourth-order valence-corrected chi connectivity index (χ4v) is 4.98. The van der Waals surface area contributed by atoms with E-state index in [1.165, 1.54) is 23.0 Å². The molecule has 1 fully saturated rings. The van der Waals surface area contributed by atoms with Crippen LogP contribution in [-0.2, 0) is 0 Å². The third-order valence-corrected chi connectivity index (χ3v) is 6.82. The molecule has 1 aromatic heterocycles. The Morgan fingerprint density at radius 3 is 2.59 bits per heavy atom. The van der Waals surface area contributed by atoms with Gasteiger partial charge >= 0.3 is 0 Å². The van der Waals surface area contributed by atoms with E-state index in [4.69, 9.17) is 4.74 Å². The van der Waals surface area contributed by atoms with Crippen molar-refractivity contribution in [2.75, 3.05) is 18.3 Å². The number of pyridine rings is 1. The van der Waals surface area contributed by atoms with Gasteiger partial charge in [0, 0.05) is 17.8 Å². The number of hydrogen-bond donors (Lipinski definition) is 1. The highest BCUT2D eigenvalue weighted by Crippen LogP contribution is 2.47. The van der Waals surface area contributed by atoms with E-state index in [-0.39, 0.29) is 24.7 Å². The van der Waals surface area contributed by atoms with Gasteiger partial charge < -0.3 is 14.7 Å². The molecule has 3 aromatic rings. The lowest BCUT2D eigenvalue weighted by molar-refractivity contribution is 0.0606. The molecule has 2 bridgehead atoms. The standard InChI is InChI=1S/C26H22FN3O4/c27-19-9-4-8-18-21(17-6-2-1-3-7-17)30-16-28(26(12-13-26)11-5-15-34-24(18)19)25(33)22-23(32)20(31)10-14-29(22)30/h1-11,14,21,32H,12-13,15-16H2/b11-5+/t21-/m0/s1. The van der Waals surface area contributed by atoms with Crippen LogP contribution < -0.4 is 15.2 Å². The minimum atomic E-state index is -0.628. The zero-order chi connectivity index (χ0) is 23.4. The van der Waals surface area contributed by atoms with Gasteiger partial charge in [0.25, 0.3) is 5.91 Å². The van der Waals surface area contributed by atoms with E-state index in [0.717, 1.165) is 18.4 Å². The van der Waals surface area contributed by atoms with Crippen molar-refractivity contribution < 1.29 is 19.0 Å². The summed E-state index contributed by atoms with van der Waals surface area (Å²) >= 11 is 0. The molecule has 1 N–H and O–H groups in total. The predicted molar refractivity (Wildman–Crippen MR) is 123 cm³/mol. The molecule has 0 unspecified atom stereocenters. The second-order valence-electron chi connectivity index (χ2n) is 8.82. The molecule has 2 aliphatic heterocycles. The van der Waals surface area contributed by atoms with Crippen molar-refractivity contribution in [3.05, 3.63) is 106 Å². The quantitative estimate of drug-likeness (QED) is 0.565. The van der Waals surface area contributed by atoms with E-state index in [9.17, 15) is 14.7 Å². The van der Waals surface area contributed by atoms with Crippen LogP contribution in [0, 0.1) is 5.82 Å². The van der Waals surface area contributed by atoms with Crippen LogP contribution in [0.4, 0.5) is 4.39 Å². The third-order valence-electron chi connectivity index (χ3n) is 6.82. The lowest BCUT2D eigenvalue weighted by Gasteiger charge is -2.46. The first-order valence-corrected chi connectivity index (χ1v) is 11.2. The SMILES string of the molecule is O=C1c2c(O)c(=O)ccn2N2CN1C1(/C=C/COc3c(F)cccc3[C@@H]2c2ccccc2)CC1. The number of rotatable bonds is 1. The molecule has 1 aliphatic carbocycles. The molecule has 1 atom stereocenters. The smallest absolute Gasteiger partial charge is 0.278 e. The van der Waals surface area contributed by atoms with Crippen LogP contribution in [0.15, 0.2) is 77.7 Å². The van der Waals surface area contributed by atoms with Gasteiger partial charge in [0.05, 0.1) is 5.54 Å². The second kappa shape index (κ2) is 7.48. The number of amides is 1. The number of carbonyl (C=O) groups excluding carboxylic acids is 1. The van der Waals surface area contributed by atoms with Gasteiger partial charge in [-0.3, -0.25) is 19.3 Å². The first-order chi connectivity index (χ1) is 16.5. The zero-order valence-corrected chi connectivity index (χ0v) is 18.2. The summed E-state index contributed by atoms with van der Waals surface area (Å²) in [5.41, 5.74) is 0.145. The number of aromatic nitrogens is 1. The number of aromatic hydroxyl groups is 1. The number of hydrogen-bond acceptors (Lipinski definition) is 5. The Morgan fingerprint density at radius 2 is 1.82 bits per heavy atom. The highest BCUT2D eigenvalue weighted by atomic mass is 19.1. The van der Waals surface area contributed by atoms with Crippen LogP contribution in [0.5, 0.6) is 11.5 Å². The highest BCUT2D eigenvalue weighted by Gasteiger charge is 2.52. The molecular weight excluding hydrogens is 437 g/mol. The molecule has 3 aliphatic rings. The van der Waals surface area contributed by atoms with Crippen molar-refractivity contribution in [1.82, 2.24) is 9.58 Å². The Kier molecular flexibility index (Phi) is 4.52. The average molecular weight is 459 g/mol. The summed E-state index contributed by atoms with van der Waals surface area (Å²) in [4.78, 5) is 27.6. The summed E-state index contributed by atoms with van der Waals surface area (Å²) in [6.07, 6.45) is 6.70. The van der Waals surface area contributed by atoms with Crippen molar-refractivity contribution in [3.63, 3.8) is 0 Å². The van der Waals surface area contributed by atoms with Gasteiger partial charge in [-0.2, -0.15) is 0 Å². The molecule has 0 saturated heterocycles. The van der Waals surface area contributed by atoms with Gasteiger partial charge in [0.1, 0.15) is 19.3 Å². The van der Waals surface area contributed by atoms with Crippen LogP contribution in [0.2, 0.25) is 0 Å². The lowest BCUT2D eigenvalue weighted by atomic mass is 9.96. The van der Waals surface area contributed by atoms with Crippen molar-refractivity contribution in [1.29, 1.82) is 0 Å². The monoisotopic (exact) mass is 459 g/mol. The maximum atomic E-state index is 15.1. The van der Waals surface area contributed by atoms with Crippen molar-refractivity contribution in [3.8, 4) is 11.5 Å². The number of benzene rings is 2. The molecular formula is C26H22FN3O4. The van der Waals surface area contributed by atoms with E-state index in [0.29, 0.717) is 5.56 Å². The maximum absolute atomic E-state index is 15.1. The summed E-state index contributed by atoms with van der Waals surface area (Å²) < 4.78 is 22.5. The normalized spacial score (nSPS) is 21.2. The maximum Gasteiger partial charge on any atom is 0.278 e. The van der Waals surface area contributed by atoms with Crippen LogP contribution in [0.3, 0.4) is 0 Å². The average Bonchev–Trinajstić information content (AvgIpc) is 3.63. The molecule has 1 saturated carbocycles. The number of halogens is 1. The number of carbonyl (C=O) groups is 1. The third kappa shape index (κ3) is 3.02. The molecule has 8 heteroatoms. The van der Waals surface area contributed by atoms with E-state index in [1.54, 1.807) is 23.1 Å². The van der Waals surface area contributed by atoms with E-state index in [1.807, 2.05) is 41.4 Å². The Morgan fingerprint density at radius 1 is 1.03 bits per heavy atom. The Balaban J connectivity index is 1.67. The van der Waals surface area contributed by atoms with Gasteiger partial charge in [-0.05, 0) is 30.5 Å². The summed E-state index contributed by atoms with van der Waals surface area (Å²) in [5.74, 6) is -1.37. The zero-order valence-electron chi connectivity index (χ0n) is 18.2. The molecule has 7 nitrogen and oxygen atoms in total. The topological polar surface area (TPSA) is 75.0 Å². The van der Waals surface area contributed by atoms with Crippen molar-refractivity contribution in [2.45, 2.75) is 24.4 Å². The Hall–Kier alpha value is -4.07. The largest absolute Gasteiger partial charge is 0.502 e. The molecule has 1 spiro atoms. The van der Waals surface area contributed by atoms with Crippen LogP contribution in [0.1, 0.15) is 40.5 Å². The number of nitrogens with zero attached hydrogens (tertiary/aromatic N) is 3. The first-order valence-electron chi connectivity index (χ1n) is 11.2. The van der Waals surface area contributed by atoms with Crippen LogP contribution >= 0.6 is 0 Å². The van der Waals surface area contributed by atoms with Crippen molar-refractivity contribution in [2.24, 2.45) is 0 Å². The van der Waals surface area contributed by atoms with Crippen molar-refractivity contribution >= 4 is 5.91 Å². The number of fused-ring (bicyclic) bond motifs is 6. The fraction of sp³-hybridized carbons (Fsp3) is 0.231. The van der Waals surface area contributed by atoms with Gasteiger partial charge in [-0.1, -0.05) is 48.5 Å². The van der Waals surface area contributed by atoms with Gasteiger partial charge in [0.2, 0.25) is 5.43 Å². The van der Waals surface area contributed by atoms with Gasteiger partial charge in [0.15, 0.2) is 23.0 Å². The second-order valence-corrected chi connectivity index (χ2v) is 8.82. The lowest BCUT2D eigenvalue weighted by Crippen LogP contribution is -2.58. The Bertz CT molecular complexity index is 1380. The molecule has 3 heterocycles. The first kappa shape index (κ1) is 20.5. The molecule has 172 valence electrons. The van der Waals surface area contributed by atoms with Crippen LogP contribution in [0.25, 0.3) is 0 Å². The minimum Gasteiger partial charge on any atom is -0.502 e. The molecule has 0 radical (unpaired) electrons. The highest BCUT2D eigenvalue weighted by molar-refractivity contribution is 5.97. The summed E-state index contributed by atoms with van der Waals surface area (Å²) in [7, 11) is 0. The molecule has 2 aromatic carbocycles. The minimum absolute atomic E-state index is 0.0996. The van der Waals surface area contributed by atoms with Gasteiger partial charge in [-0.25, -0.2) is 4.39 Å². The van der Waals surface area contributed by atoms with E-state index < -0.39 is 34.5 Å². The Labute approximate surface area is 194 Å². The fourth-order valence-electron chi connectivity index (χ4n) is 4.98.